The van der Waals surface area contributed by atoms with Crippen molar-refractivity contribution in [3.63, 3.8) is 0 Å². The van der Waals surface area contributed by atoms with Gasteiger partial charge < -0.3 is 0 Å². The lowest BCUT2D eigenvalue weighted by molar-refractivity contribution is 0.232. The lowest BCUT2D eigenvalue weighted by Gasteiger charge is -2.39. The maximum Gasteiger partial charge on any atom is 0.264 e. The summed E-state index contributed by atoms with van der Waals surface area (Å²) in [5.74, 6) is 0. The Morgan fingerprint density at radius 1 is 1.28 bits per heavy atom. The number of thiazole rings is 1. The van der Waals surface area contributed by atoms with E-state index >= 15 is 0 Å². The highest BCUT2D eigenvalue weighted by Gasteiger charge is 2.39. The number of hydrogen-bond donors (Lipinski definition) is 0. The quantitative estimate of drug-likeness (QED) is 0.682. The average molecular weight is 375 g/mol. The molecule has 0 unspecified atom stereocenters. The van der Waals surface area contributed by atoms with E-state index in [1.54, 1.807) is 22.2 Å². The molecule has 25 heavy (non-hydrogen) atoms. The van der Waals surface area contributed by atoms with Crippen molar-refractivity contribution in [3.8, 4) is 0 Å². The van der Waals surface area contributed by atoms with E-state index in [-0.39, 0.29) is 16.4 Å². The number of nitrogens with zero attached hydrogens (tertiary/aromatic N) is 4. The summed E-state index contributed by atoms with van der Waals surface area (Å²) >= 11 is 3.02. The fourth-order valence-electron chi connectivity index (χ4n) is 4.18. The third-order valence-corrected chi connectivity index (χ3v) is 7.16. The first-order valence-corrected chi connectivity index (χ1v) is 10.1. The molecule has 0 aromatic carbocycles. The fraction of sp³-hybridized carbons (Fsp3) is 0.556. The minimum atomic E-state index is -0.0241. The van der Waals surface area contributed by atoms with Crippen molar-refractivity contribution in [2.45, 2.75) is 59.4 Å². The van der Waals surface area contributed by atoms with Crippen LogP contribution in [0.2, 0.25) is 0 Å². The van der Waals surface area contributed by atoms with Crippen molar-refractivity contribution in [1.82, 2.24) is 18.9 Å². The Hall–Kier alpha value is -1.60. The van der Waals surface area contributed by atoms with E-state index in [2.05, 4.69) is 37.1 Å². The summed E-state index contributed by atoms with van der Waals surface area (Å²) in [6, 6.07) is 0. The van der Waals surface area contributed by atoms with Gasteiger partial charge in [0.25, 0.3) is 5.56 Å². The zero-order chi connectivity index (χ0) is 18.0. The number of aryl methyl sites for hydroxylation is 1. The minimum Gasteiger partial charge on any atom is -0.292 e. The van der Waals surface area contributed by atoms with Crippen molar-refractivity contribution in [2.75, 3.05) is 0 Å². The van der Waals surface area contributed by atoms with Gasteiger partial charge in [-0.05, 0) is 36.7 Å². The van der Waals surface area contributed by atoms with E-state index in [0.717, 1.165) is 23.5 Å². The van der Waals surface area contributed by atoms with Crippen LogP contribution >= 0.6 is 22.9 Å². The topological polar surface area (TPSA) is 60.7 Å². The minimum absolute atomic E-state index is 0.0241. The van der Waals surface area contributed by atoms with Gasteiger partial charge in [-0.15, -0.1) is 11.3 Å². The first-order valence-electron chi connectivity index (χ1n) is 8.47. The second-order valence-electron chi connectivity index (χ2n) is 8.41. The molecule has 7 heteroatoms. The molecule has 0 bridgehead atoms. The number of aromatic nitrogens is 4. The van der Waals surface area contributed by atoms with Gasteiger partial charge in [0, 0.05) is 10.3 Å². The van der Waals surface area contributed by atoms with Gasteiger partial charge in [0.15, 0.2) is 4.83 Å². The summed E-state index contributed by atoms with van der Waals surface area (Å²) in [6.07, 6.45) is 3.78. The van der Waals surface area contributed by atoms with Crippen LogP contribution in [-0.4, -0.2) is 18.9 Å². The SMILES string of the molecule is Cc1nsc2ncn(Cc3nc4c(s3)C(C)(C)CC(C)(C)C4)c(=O)c12. The van der Waals surface area contributed by atoms with Crippen LogP contribution in [0.4, 0.5) is 0 Å². The standard InChI is InChI=1S/C18H22N4OS2/c1-10-13-15(25-21-10)19-9-22(16(13)23)7-12-20-11-6-17(2,3)8-18(4,5)14(11)24-12/h9H,6-8H2,1-5H3. The summed E-state index contributed by atoms with van der Waals surface area (Å²) < 4.78 is 5.90. The van der Waals surface area contributed by atoms with E-state index in [1.807, 2.05) is 6.92 Å². The van der Waals surface area contributed by atoms with Gasteiger partial charge in [-0.1, -0.05) is 27.7 Å². The van der Waals surface area contributed by atoms with E-state index in [4.69, 9.17) is 4.98 Å². The predicted molar refractivity (Wildman–Crippen MR) is 103 cm³/mol. The molecule has 4 rings (SSSR count). The summed E-state index contributed by atoms with van der Waals surface area (Å²) in [4.78, 5) is 24.1. The molecular formula is C18H22N4OS2. The Morgan fingerprint density at radius 2 is 2.04 bits per heavy atom. The number of rotatable bonds is 2. The smallest absolute Gasteiger partial charge is 0.264 e. The lowest BCUT2D eigenvalue weighted by Crippen LogP contribution is -2.33. The Balaban J connectivity index is 1.74. The Labute approximate surface area is 154 Å². The van der Waals surface area contributed by atoms with Crippen LogP contribution in [0.1, 0.15) is 55.4 Å². The molecular weight excluding hydrogens is 352 g/mol. The molecule has 0 spiro atoms. The van der Waals surface area contributed by atoms with Crippen molar-refractivity contribution in [1.29, 1.82) is 0 Å². The molecule has 5 nitrogen and oxygen atoms in total. The van der Waals surface area contributed by atoms with Crippen LogP contribution in [0.5, 0.6) is 0 Å². The number of hydrogen-bond acceptors (Lipinski definition) is 6. The van der Waals surface area contributed by atoms with E-state index in [0.29, 0.717) is 16.8 Å². The highest BCUT2D eigenvalue weighted by atomic mass is 32.1. The fourth-order valence-corrected chi connectivity index (χ4v) is 6.09. The monoisotopic (exact) mass is 374 g/mol. The van der Waals surface area contributed by atoms with Crippen molar-refractivity contribution in [2.24, 2.45) is 5.41 Å². The van der Waals surface area contributed by atoms with E-state index in [1.165, 1.54) is 22.1 Å². The van der Waals surface area contributed by atoms with Gasteiger partial charge in [-0.2, -0.15) is 4.37 Å². The van der Waals surface area contributed by atoms with Crippen molar-refractivity contribution in [3.05, 3.63) is 38.0 Å². The van der Waals surface area contributed by atoms with E-state index in [9.17, 15) is 4.79 Å². The average Bonchev–Trinajstić information content (AvgIpc) is 3.04. The van der Waals surface area contributed by atoms with Gasteiger partial charge in [-0.25, -0.2) is 9.97 Å². The van der Waals surface area contributed by atoms with Gasteiger partial charge in [0.05, 0.1) is 29.6 Å². The van der Waals surface area contributed by atoms with Crippen LogP contribution in [0.25, 0.3) is 10.2 Å². The second kappa shape index (κ2) is 5.45. The predicted octanol–water partition coefficient (Wildman–Crippen LogP) is 3.92. The highest BCUT2D eigenvalue weighted by molar-refractivity contribution is 7.13. The summed E-state index contributed by atoms with van der Waals surface area (Å²) in [5, 5.41) is 1.62. The van der Waals surface area contributed by atoms with Gasteiger partial charge in [0.1, 0.15) is 5.01 Å². The van der Waals surface area contributed by atoms with Crippen LogP contribution < -0.4 is 5.56 Å². The molecule has 0 N–H and O–H groups in total. The van der Waals surface area contributed by atoms with Gasteiger partial charge >= 0.3 is 0 Å². The normalized spacial score (nSPS) is 18.4. The Bertz CT molecular complexity index is 1030. The molecule has 3 heterocycles. The van der Waals surface area contributed by atoms with Crippen LogP contribution in [-0.2, 0) is 18.4 Å². The first kappa shape index (κ1) is 16.8. The Kier molecular flexibility index (Phi) is 3.67. The van der Waals surface area contributed by atoms with Crippen LogP contribution in [0.15, 0.2) is 11.1 Å². The summed E-state index contributed by atoms with van der Waals surface area (Å²) in [7, 11) is 0. The molecule has 0 saturated carbocycles. The maximum atomic E-state index is 12.8. The largest absolute Gasteiger partial charge is 0.292 e. The highest BCUT2D eigenvalue weighted by Crippen LogP contribution is 2.47. The van der Waals surface area contributed by atoms with Crippen molar-refractivity contribution >= 4 is 33.1 Å². The molecule has 0 amide bonds. The zero-order valence-electron chi connectivity index (χ0n) is 15.2. The molecule has 3 aromatic heterocycles. The molecule has 0 atom stereocenters. The molecule has 0 fully saturated rings. The lowest BCUT2D eigenvalue weighted by atomic mass is 9.67. The Morgan fingerprint density at radius 3 is 2.80 bits per heavy atom. The summed E-state index contributed by atoms with van der Waals surface area (Å²) in [5.41, 5.74) is 2.33. The molecule has 1 aliphatic rings. The van der Waals surface area contributed by atoms with Crippen molar-refractivity contribution < 1.29 is 0 Å². The molecule has 0 aliphatic heterocycles. The summed E-state index contributed by atoms with van der Waals surface area (Å²) in [6.45, 7) is 11.6. The molecule has 3 aromatic rings. The zero-order valence-corrected chi connectivity index (χ0v) is 16.8. The van der Waals surface area contributed by atoms with Crippen LogP contribution in [0.3, 0.4) is 0 Å². The molecule has 132 valence electrons. The first-order chi connectivity index (χ1) is 11.7. The maximum absolute atomic E-state index is 12.8. The molecule has 0 radical (unpaired) electrons. The molecule has 1 aliphatic carbocycles. The van der Waals surface area contributed by atoms with Gasteiger partial charge in [0.2, 0.25) is 0 Å². The van der Waals surface area contributed by atoms with Crippen LogP contribution in [0, 0.1) is 12.3 Å². The third-order valence-electron chi connectivity index (χ3n) is 4.86. The number of fused-ring (bicyclic) bond motifs is 2. The van der Waals surface area contributed by atoms with E-state index < -0.39 is 0 Å². The van der Waals surface area contributed by atoms with Gasteiger partial charge in [-0.3, -0.25) is 9.36 Å². The second-order valence-corrected chi connectivity index (χ2v) is 10.2. The molecule has 0 saturated heterocycles. The third kappa shape index (κ3) is 2.83.